The molecule has 1 heterocycles. The number of aliphatic hydroxyl groups is 1. The van der Waals surface area contributed by atoms with Gasteiger partial charge in [-0.2, -0.15) is 5.10 Å². The summed E-state index contributed by atoms with van der Waals surface area (Å²) in [5, 5.41) is 15.5. The van der Waals surface area contributed by atoms with E-state index in [2.05, 4.69) is 10.2 Å². The third kappa shape index (κ3) is 1.10. The second-order valence-corrected chi connectivity index (χ2v) is 2.51. The molecule has 10 heavy (non-hydrogen) atoms. The Labute approximate surface area is 63.5 Å². The number of aromatic nitrogens is 3. The summed E-state index contributed by atoms with van der Waals surface area (Å²) in [5.74, 6) is 0.560. The van der Waals surface area contributed by atoms with Crippen molar-refractivity contribution in [2.45, 2.75) is 13.0 Å². The smallest absolute Gasteiger partial charge is 0.194 e. The minimum absolute atomic E-state index is 0.524. The molecular formula is C5H9N3OS. The van der Waals surface area contributed by atoms with Gasteiger partial charge in [-0.05, 0) is 19.1 Å². The average Bonchev–Trinajstić information content (AvgIpc) is 2.14. The molecule has 0 aliphatic rings. The van der Waals surface area contributed by atoms with Crippen LogP contribution in [-0.4, -0.2) is 19.9 Å². The minimum atomic E-state index is -0.571. The molecule has 0 fully saturated rings. The monoisotopic (exact) mass is 159 g/mol. The van der Waals surface area contributed by atoms with Crippen molar-refractivity contribution in [1.29, 1.82) is 0 Å². The number of aliphatic hydroxyl groups excluding tert-OH is 1. The standard InChI is InChI=1S/C5H9N3OS/c1-3(9)4-6-7-5(10)8(4)2/h3,9H,1-2H3,(H,7,10). The lowest BCUT2D eigenvalue weighted by Gasteiger charge is -2.00. The zero-order valence-electron chi connectivity index (χ0n) is 5.83. The van der Waals surface area contributed by atoms with Crippen LogP contribution in [0.2, 0.25) is 0 Å². The molecule has 56 valence electrons. The van der Waals surface area contributed by atoms with E-state index in [9.17, 15) is 0 Å². The summed E-state index contributed by atoms with van der Waals surface area (Å²) < 4.78 is 2.16. The van der Waals surface area contributed by atoms with Crippen molar-refractivity contribution < 1.29 is 5.11 Å². The van der Waals surface area contributed by atoms with Crippen LogP contribution in [0.4, 0.5) is 0 Å². The van der Waals surface area contributed by atoms with Crippen molar-refractivity contribution in [3.63, 3.8) is 0 Å². The predicted molar refractivity (Wildman–Crippen MR) is 39.0 cm³/mol. The van der Waals surface area contributed by atoms with E-state index in [1.165, 1.54) is 0 Å². The molecule has 1 unspecified atom stereocenters. The van der Waals surface area contributed by atoms with Gasteiger partial charge in [-0.1, -0.05) is 0 Å². The van der Waals surface area contributed by atoms with Crippen molar-refractivity contribution in [1.82, 2.24) is 14.8 Å². The van der Waals surface area contributed by atoms with Gasteiger partial charge >= 0.3 is 0 Å². The first-order valence-corrected chi connectivity index (χ1v) is 3.33. The molecular weight excluding hydrogens is 150 g/mol. The molecule has 5 heteroatoms. The normalized spacial score (nSPS) is 13.5. The number of rotatable bonds is 1. The summed E-state index contributed by atoms with van der Waals surface area (Å²) in [6.07, 6.45) is -0.571. The van der Waals surface area contributed by atoms with Crippen LogP contribution in [0.3, 0.4) is 0 Å². The Bertz CT molecular complexity index is 275. The lowest BCUT2D eigenvalue weighted by Crippen LogP contribution is -2.01. The number of nitrogens with zero attached hydrogens (tertiary/aromatic N) is 2. The van der Waals surface area contributed by atoms with Crippen molar-refractivity contribution in [3.8, 4) is 0 Å². The zero-order valence-corrected chi connectivity index (χ0v) is 6.64. The molecule has 0 radical (unpaired) electrons. The van der Waals surface area contributed by atoms with Crippen LogP contribution in [0.5, 0.6) is 0 Å². The van der Waals surface area contributed by atoms with Gasteiger partial charge < -0.3 is 9.67 Å². The summed E-state index contributed by atoms with van der Waals surface area (Å²) in [6.45, 7) is 1.64. The van der Waals surface area contributed by atoms with Crippen LogP contribution in [0.15, 0.2) is 0 Å². The quantitative estimate of drug-likeness (QED) is 0.588. The maximum absolute atomic E-state index is 9.07. The first kappa shape index (κ1) is 7.43. The van der Waals surface area contributed by atoms with Crippen molar-refractivity contribution >= 4 is 12.2 Å². The van der Waals surface area contributed by atoms with E-state index in [1.807, 2.05) is 0 Å². The summed E-state index contributed by atoms with van der Waals surface area (Å²) in [7, 11) is 1.76. The highest BCUT2D eigenvalue weighted by Gasteiger charge is 2.06. The summed E-state index contributed by atoms with van der Waals surface area (Å²) in [4.78, 5) is 0. The molecule has 0 amide bonds. The lowest BCUT2D eigenvalue weighted by atomic mass is 10.4. The van der Waals surface area contributed by atoms with Crippen LogP contribution >= 0.6 is 12.2 Å². The van der Waals surface area contributed by atoms with E-state index >= 15 is 0 Å². The van der Waals surface area contributed by atoms with Gasteiger partial charge in [0.25, 0.3) is 0 Å². The van der Waals surface area contributed by atoms with E-state index in [0.717, 1.165) is 0 Å². The number of nitrogens with one attached hydrogen (secondary N) is 1. The van der Waals surface area contributed by atoms with Crippen molar-refractivity contribution in [3.05, 3.63) is 10.6 Å². The number of hydrogen-bond acceptors (Lipinski definition) is 3. The lowest BCUT2D eigenvalue weighted by molar-refractivity contribution is 0.185. The molecule has 0 aromatic carbocycles. The van der Waals surface area contributed by atoms with Gasteiger partial charge in [0.15, 0.2) is 10.6 Å². The van der Waals surface area contributed by atoms with Crippen LogP contribution in [0.25, 0.3) is 0 Å². The Balaban J connectivity index is 3.18. The van der Waals surface area contributed by atoms with Gasteiger partial charge in [0, 0.05) is 7.05 Å². The summed E-state index contributed by atoms with van der Waals surface area (Å²) in [6, 6.07) is 0. The fraction of sp³-hybridized carbons (Fsp3) is 0.600. The van der Waals surface area contributed by atoms with Gasteiger partial charge in [0.2, 0.25) is 0 Å². The largest absolute Gasteiger partial charge is 0.385 e. The van der Waals surface area contributed by atoms with E-state index in [0.29, 0.717) is 10.6 Å². The van der Waals surface area contributed by atoms with E-state index in [1.54, 1.807) is 18.5 Å². The molecule has 0 bridgehead atoms. The fourth-order valence-electron chi connectivity index (χ4n) is 0.733. The van der Waals surface area contributed by atoms with E-state index in [4.69, 9.17) is 17.3 Å². The van der Waals surface area contributed by atoms with Crippen LogP contribution in [-0.2, 0) is 7.05 Å². The summed E-state index contributed by atoms with van der Waals surface area (Å²) >= 11 is 4.83. The number of H-pyrrole nitrogens is 1. The Kier molecular flexibility index (Phi) is 1.87. The highest BCUT2D eigenvalue weighted by Crippen LogP contribution is 2.05. The SMILES string of the molecule is CC(O)c1n[nH]c(=S)n1C. The van der Waals surface area contributed by atoms with Gasteiger partial charge in [-0.3, -0.25) is 5.10 Å². The fourth-order valence-corrected chi connectivity index (χ4v) is 0.872. The number of hydrogen-bond donors (Lipinski definition) is 2. The Hall–Kier alpha value is -0.680. The topological polar surface area (TPSA) is 53.8 Å². The maximum Gasteiger partial charge on any atom is 0.194 e. The Morgan fingerprint density at radius 1 is 1.80 bits per heavy atom. The van der Waals surface area contributed by atoms with Crippen molar-refractivity contribution in [2.24, 2.45) is 7.05 Å². The van der Waals surface area contributed by atoms with Crippen LogP contribution in [0, 0.1) is 4.77 Å². The molecule has 0 saturated heterocycles. The Morgan fingerprint density at radius 2 is 2.40 bits per heavy atom. The molecule has 0 aliphatic carbocycles. The summed E-state index contributed by atoms with van der Waals surface area (Å²) in [5.41, 5.74) is 0. The van der Waals surface area contributed by atoms with Gasteiger partial charge in [0.1, 0.15) is 6.10 Å². The van der Waals surface area contributed by atoms with Gasteiger partial charge in [-0.15, -0.1) is 0 Å². The number of aromatic amines is 1. The van der Waals surface area contributed by atoms with Crippen LogP contribution < -0.4 is 0 Å². The third-order valence-electron chi connectivity index (χ3n) is 1.29. The second kappa shape index (κ2) is 2.51. The average molecular weight is 159 g/mol. The highest BCUT2D eigenvalue weighted by molar-refractivity contribution is 7.71. The van der Waals surface area contributed by atoms with Crippen molar-refractivity contribution in [2.75, 3.05) is 0 Å². The van der Waals surface area contributed by atoms with E-state index in [-0.39, 0.29) is 0 Å². The molecule has 0 saturated carbocycles. The second-order valence-electron chi connectivity index (χ2n) is 2.12. The highest BCUT2D eigenvalue weighted by atomic mass is 32.1. The molecule has 1 rings (SSSR count). The first-order valence-electron chi connectivity index (χ1n) is 2.92. The molecule has 1 aromatic heterocycles. The molecule has 2 N–H and O–H groups in total. The first-order chi connectivity index (χ1) is 4.63. The third-order valence-corrected chi connectivity index (χ3v) is 1.65. The predicted octanol–water partition coefficient (Wildman–Crippen LogP) is 0.531. The van der Waals surface area contributed by atoms with Gasteiger partial charge in [-0.25, -0.2) is 0 Å². The molecule has 0 aliphatic heterocycles. The maximum atomic E-state index is 9.07. The molecule has 1 aromatic rings. The van der Waals surface area contributed by atoms with Gasteiger partial charge in [0.05, 0.1) is 0 Å². The van der Waals surface area contributed by atoms with E-state index < -0.39 is 6.10 Å². The zero-order chi connectivity index (χ0) is 7.72. The molecule has 0 spiro atoms. The molecule has 4 nitrogen and oxygen atoms in total. The Morgan fingerprint density at radius 3 is 2.60 bits per heavy atom. The minimum Gasteiger partial charge on any atom is -0.385 e. The molecule has 1 atom stereocenters. The van der Waals surface area contributed by atoms with Crippen LogP contribution in [0.1, 0.15) is 18.9 Å².